The van der Waals surface area contributed by atoms with Gasteiger partial charge < -0.3 is 0 Å². The van der Waals surface area contributed by atoms with Crippen LogP contribution in [0.3, 0.4) is 0 Å². The molecule has 0 spiro atoms. The Balaban J connectivity index is 1.76. The third-order valence-corrected chi connectivity index (χ3v) is 4.54. The van der Waals surface area contributed by atoms with Crippen molar-refractivity contribution in [1.82, 2.24) is 4.90 Å². The second kappa shape index (κ2) is 6.29. The summed E-state index contributed by atoms with van der Waals surface area (Å²) in [6.07, 6.45) is 7.30. The Morgan fingerprint density at radius 2 is 2.05 bits per heavy atom. The first-order valence-corrected chi connectivity index (χ1v) is 7.75. The summed E-state index contributed by atoms with van der Waals surface area (Å²) in [7, 11) is 0. The molecule has 1 aromatic carbocycles. The van der Waals surface area contributed by atoms with Gasteiger partial charge in [-0.1, -0.05) is 29.7 Å². The van der Waals surface area contributed by atoms with Gasteiger partial charge in [0.25, 0.3) is 0 Å². The van der Waals surface area contributed by atoms with Gasteiger partial charge in [-0.05, 0) is 67.4 Å². The summed E-state index contributed by atoms with van der Waals surface area (Å²) in [5, 5.41) is 3.94. The average Bonchev–Trinajstić information content (AvgIpc) is 2.49. The summed E-state index contributed by atoms with van der Waals surface area (Å²) in [4.78, 5) is 5.55. The number of azide groups is 1. The summed E-state index contributed by atoms with van der Waals surface area (Å²) >= 11 is 0. The molecule has 20 heavy (non-hydrogen) atoms. The van der Waals surface area contributed by atoms with Crippen molar-refractivity contribution in [3.63, 3.8) is 0 Å². The SMILES string of the molecule is [N-]=[N+]=NC1CCCc2cc(CN3CCCCC3)ccc21. The van der Waals surface area contributed by atoms with Crippen LogP contribution in [0.25, 0.3) is 10.4 Å². The van der Waals surface area contributed by atoms with E-state index in [-0.39, 0.29) is 6.04 Å². The lowest BCUT2D eigenvalue weighted by Gasteiger charge is -2.28. The molecule has 1 fully saturated rings. The van der Waals surface area contributed by atoms with Gasteiger partial charge in [0.05, 0.1) is 6.04 Å². The average molecular weight is 270 g/mol. The van der Waals surface area contributed by atoms with Crippen LogP contribution >= 0.6 is 0 Å². The van der Waals surface area contributed by atoms with Gasteiger partial charge in [0.15, 0.2) is 0 Å². The van der Waals surface area contributed by atoms with Crippen molar-refractivity contribution in [3.8, 4) is 0 Å². The monoisotopic (exact) mass is 270 g/mol. The fourth-order valence-electron chi connectivity index (χ4n) is 3.50. The van der Waals surface area contributed by atoms with Gasteiger partial charge in [0.1, 0.15) is 0 Å². The quantitative estimate of drug-likeness (QED) is 0.457. The van der Waals surface area contributed by atoms with Gasteiger partial charge in [-0.3, -0.25) is 4.90 Å². The molecule has 1 saturated heterocycles. The van der Waals surface area contributed by atoms with Crippen molar-refractivity contribution >= 4 is 0 Å². The van der Waals surface area contributed by atoms with E-state index in [0.29, 0.717) is 0 Å². The van der Waals surface area contributed by atoms with E-state index in [0.717, 1.165) is 25.8 Å². The highest BCUT2D eigenvalue weighted by atomic mass is 15.1. The van der Waals surface area contributed by atoms with E-state index in [1.54, 1.807) is 0 Å². The minimum atomic E-state index is 0.0489. The predicted molar refractivity (Wildman–Crippen MR) is 80.4 cm³/mol. The van der Waals surface area contributed by atoms with Crippen LogP contribution in [-0.4, -0.2) is 18.0 Å². The van der Waals surface area contributed by atoms with Crippen LogP contribution in [-0.2, 0) is 13.0 Å². The van der Waals surface area contributed by atoms with E-state index in [2.05, 4.69) is 33.1 Å². The molecule has 1 aliphatic carbocycles. The molecule has 1 aliphatic heterocycles. The molecule has 0 bridgehead atoms. The zero-order valence-corrected chi connectivity index (χ0v) is 12.0. The van der Waals surface area contributed by atoms with Gasteiger partial charge >= 0.3 is 0 Å². The Kier molecular flexibility index (Phi) is 4.24. The lowest BCUT2D eigenvalue weighted by atomic mass is 9.87. The zero-order valence-electron chi connectivity index (χ0n) is 12.0. The van der Waals surface area contributed by atoms with Gasteiger partial charge in [0, 0.05) is 11.5 Å². The smallest absolute Gasteiger partial charge is 0.0628 e. The van der Waals surface area contributed by atoms with Crippen LogP contribution in [0, 0.1) is 0 Å². The van der Waals surface area contributed by atoms with Gasteiger partial charge in [-0.15, -0.1) is 0 Å². The van der Waals surface area contributed by atoms with Crippen molar-refractivity contribution in [2.24, 2.45) is 5.11 Å². The van der Waals surface area contributed by atoms with Gasteiger partial charge in [-0.2, -0.15) is 0 Å². The van der Waals surface area contributed by atoms with Crippen LogP contribution in [0.1, 0.15) is 54.8 Å². The summed E-state index contributed by atoms with van der Waals surface area (Å²) in [5.41, 5.74) is 12.7. The number of likely N-dealkylation sites (tertiary alicyclic amines) is 1. The second-order valence-electron chi connectivity index (χ2n) is 5.98. The van der Waals surface area contributed by atoms with Crippen LogP contribution in [0.4, 0.5) is 0 Å². The second-order valence-corrected chi connectivity index (χ2v) is 5.98. The van der Waals surface area contributed by atoms with Crippen molar-refractivity contribution in [3.05, 3.63) is 45.3 Å². The maximum absolute atomic E-state index is 8.67. The summed E-state index contributed by atoms with van der Waals surface area (Å²) in [6.45, 7) is 3.54. The maximum atomic E-state index is 8.67. The number of nitrogens with zero attached hydrogens (tertiary/aromatic N) is 4. The van der Waals surface area contributed by atoms with Crippen LogP contribution in [0.2, 0.25) is 0 Å². The molecular weight excluding hydrogens is 248 g/mol. The minimum Gasteiger partial charge on any atom is -0.299 e. The molecule has 4 heteroatoms. The highest BCUT2D eigenvalue weighted by molar-refractivity contribution is 5.36. The van der Waals surface area contributed by atoms with Gasteiger partial charge in [0.2, 0.25) is 0 Å². The van der Waals surface area contributed by atoms with Crippen LogP contribution in [0.15, 0.2) is 23.3 Å². The molecule has 0 N–H and O–H groups in total. The maximum Gasteiger partial charge on any atom is 0.0628 e. The normalized spacial score (nSPS) is 22.9. The first kappa shape index (κ1) is 13.5. The molecule has 0 amide bonds. The largest absolute Gasteiger partial charge is 0.299 e. The molecule has 1 aromatic rings. The van der Waals surface area contributed by atoms with E-state index >= 15 is 0 Å². The molecular formula is C16H22N4. The van der Waals surface area contributed by atoms with E-state index in [1.165, 1.54) is 49.0 Å². The zero-order chi connectivity index (χ0) is 13.8. The number of benzene rings is 1. The highest BCUT2D eigenvalue weighted by Crippen LogP contribution is 2.33. The standard InChI is InChI=1S/C16H22N4/c17-19-18-16-6-4-5-14-11-13(7-8-15(14)16)12-20-9-2-1-3-10-20/h7-8,11,16H,1-6,9-10,12H2. The molecule has 3 rings (SSSR count). The molecule has 4 nitrogen and oxygen atoms in total. The highest BCUT2D eigenvalue weighted by Gasteiger charge is 2.19. The van der Waals surface area contributed by atoms with Crippen molar-refractivity contribution in [1.29, 1.82) is 0 Å². The van der Waals surface area contributed by atoms with E-state index in [9.17, 15) is 0 Å². The Morgan fingerprint density at radius 1 is 1.20 bits per heavy atom. The molecule has 1 unspecified atom stereocenters. The number of aryl methyl sites for hydroxylation is 1. The Morgan fingerprint density at radius 3 is 2.85 bits per heavy atom. The molecule has 0 saturated carbocycles. The molecule has 106 valence electrons. The number of hydrogen-bond acceptors (Lipinski definition) is 2. The van der Waals surface area contributed by atoms with E-state index < -0.39 is 0 Å². The van der Waals surface area contributed by atoms with Crippen LogP contribution in [0.5, 0.6) is 0 Å². The van der Waals surface area contributed by atoms with Gasteiger partial charge in [-0.25, -0.2) is 0 Å². The predicted octanol–water partition coefficient (Wildman–Crippen LogP) is 4.36. The van der Waals surface area contributed by atoms with E-state index in [1.807, 2.05) is 0 Å². The number of rotatable bonds is 3. The first-order valence-electron chi connectivity index (χ1n) is 7.75. The Hall–Kier alpha value is -1.51. The lowest BCUT2D eigenvalue weighted by Crippen LogP contribution is -2.29. The summed E-state index contributed by atoms with van der Waals surface area (Å²) in [6, 6.07) is 6.79. The summed E-state index contributed by atoms with van der Waals surface area (Å²) in [5.74, 6) is 0. The van der Waals surface area contributed by atoms with Crippen molar-refractivity contribution in [2.45, 2.75) is 51.1 Å². The Labute approximate surface area is 120 Å². The van der Waals surface area contributed by atoms with Crippen molar-refractivity contribution < 1.29 is 0 Å². The number of fused-ring (bicyclic) bond motifs is 1. The fourth-order valence-corrected chi connectivity index (χ4v) is 3.50. The summed E-state index contributed by atoms with van der Waals surface area (Å²) < 4.78 is 0. The fraction of sp³-hybridized carbons (Fsp3) is 0.625. The van der Waals surface area contributed by atoms with Crippen LogP contribution < -0.4 is 0 Å². The molecule has 1 atom stereocenters. The minimum absolute atomic E-state index is 0.0489. The third-order valence-electron chi connectivity index (χ3n) is 4.54. The first-order chi connectivity index (χ1) is 9.86. The molecule has 0 aromatic heterocycles. The molecule has 0 radical (unpaired) electrons. The third kappa shape index (κ3) is 2.97. The van der Waals surface area contributed by atoms with E-state index in [4.69, 9.17) is 5.53 Å². The number of hydrogen-bond donors (Lipinski definition) is 0. The Bertz CT molecular complexity index is 513. The topological polar surface area (TPSA) is 52.0 Å². The van der Waals surface area contributed by atoms with Crippen molar-refractivity contribution in [2.75, 3.05) is 13.1 Å². The number of piperidine rings is 1. The molecule has 1 heterocycles. The molecule has 2 aliphatic rings. The lowest BCUT2D eigenvalue weighted by molar-refractivity contribution is 0.221.